The Morgan fingerprint density at radius 1 is 1.67 bits per heavy atom. The van der Waals surface area contributed by atoms with Gasteiger partial charge in [-0.25, -0.2) is 9.97 Å². The van der Waals surface area contributed by atoms with Crippen LogP contribution < -0.4 is 0 Å². The van der Waals surface area contributed by atoms with Crippen molar-refractivity contribution < 1.29 is 0 Å². The van der Waals surface area contributed by atoms with Crippen molar-refractivity contribution in [2.75, 3.05) is 0 Å². The molecule has 45 valence electrons. The maximum atomic E-state index is 3.92. The van der Waals surface area contributed by atoms with Gasteiger partial charge in [-0.05, 0) is 13.0 Å². The van der Waals surface area contributed by atoms with E-state index >= 15 is 0 Å². The quantitative estimate of drug-likeness (QED) is 0.555. The van der Waals surface area contributed by atoms with Gasteiger partial charge in [-0.1, -0.05) is 6.08 Å². The van der Waals surface area contributed by atoms with Crippen LogP contribution in [0.3, 0.4) is 0 Å². The van der Waals surface area contributed by atoms with Crippen LogP contribution >= 0.6 is 0 Å². The molecule has 0 saturated carbocycles. The highest BCUT2D eigenvalue weighted by Crippen LogP contribution is 1.88. The highest BCUT2D eigenvalue weighted by molar-refractivity contribution is 5.07. The van der Waals surface area contributed by atoms with Gasteiger partial charge in [0.15, 0.2) is 0 Å². The molecule has 0 aliphatic heterocycles. The Morgan fingerprint density at radius 3 is 3.11 bits per heavy atom. The first-order chi connectivity index (χ1) is 4.43. The molecule has 2 heteroatoms. The van der Waals surface area contributed by atoms with Crippen molar-refractivity contribution in [1.82, 2.24) is 9.97 Å². The van der Waals surface area contributed by atoms with Gasteiger partial charge < -0.3 is 0 Å². The van der Waals surface area contributed by atoms with Crippen LogP contribution in [-0.4, -0.2) is 9.97 Å². The minimum Gasteiger partial charge on any atom is -0.245 e. The standard InChI is InChI=1S/C7H7N2/c1-2-3-7-4-5-8-6-9-7/h2,4-6H,1H3. The molecule has 1 aromatic rings. The lowest BCUT2D eigenvalue weighted by Gasteiger charge is -1.84. The fourth-order valence-electron chi connectivity index (χ4n) is 0.524. The van der Waals surface area contributed by atoms with Gasteiger partial charge in [-0.15, -0.1) is 0 Å². The van der Waals surface area contributed by atoms with E-state index in [1.165, 1.54) is 6.33 Å². The molecular weight excluding hydrogens is 112 g/mol. The summed E-state index contributed by atoms with van der Waals surface area (Å²) in [7, 11) is 0. The van der Waals surface area contributed by atoms with Gasteiger partial charge in [0.2, 0.25) is 0 Å². The predicted octanol–water partition coefficient (Wildman–Crippen LogP) is 1.20. The molecule has 2 nitrogen and oxygen atoms in total. The molecule has 9 heavy (non-hydrogen) atoms. The summed E-state index contributed by atoms with van der Waals surface area (Å²) < 4.78 is 0. The van der Waals surface area contributed by atoms with Crippen molar-refractivity contribution in [1.29, 1.82) is 0 Å². The monoisotopic (exact) mass is 119 g/mol. The molecule has 0 spiro atoms. The van der Waals surface area contributed by atoms with Crippen molar-refractivity contribution in [3.05, 3.63) is 36.4 Å². The van der Waals surface area contributed by atoms with Gasteiger partial charge in [0.05, 0.1) is 5.69 Å². The highest BCUT2D eigenvalue weighted by Gasteiger charge is 1.81. The van der Waals surface area contributed by atoms with Crippen LogP contribution in [0.2, 0.25) is 0 Å². The van der Waals surface area contributed by atoms with Crippen molar-refractivity contribution >= 4 is 0 Å². The second kappa shape index (κ2) is 2.97. The van der Waals surface area contributed by atoms with Crippen LogP contribution in [0.1, 0.15) is 12.6 Å². The first kappa shape index (κ1) is 5.95. The van der Waals surface area contributed by atoms with Crippen LogP contribution in [0.4, 0.5) is 0 Å². The van der Waals surface area contributed by atoms with Crippen molar-refractivity contribution in [2.45, 2.75) is 6.92 Å². The number of hydrogen-bond donors (Lipinski definition) is 0. The number of allylic oxidation sites excluding steroid dienone is 1. The van der Waals surface area contributed by atoms with Gasteiger partial charge in [0.25, 0.3) is 0 Å². The Labute approximate surface area is 54.3 Å². The molecule has 0 bridgehead atoms. The summed E-state index contributed by atoms with van der Waals surface area (Å²) >= 11 is 0. The molecule has 1 radical (unpaired) electrons. The Kier molecular flexibility index (Phi) is 1.96. The van der Waals surface area contributed by atoms with Crippen LogP contribution in [0.25, 0.3) is 0 Å². The van der Waals surface area contributed by atoms with Crippen molar-refractivity contribution in [3.63, 3.8) is 0 Å². The molecule has 1 rings (SSSR count). The lowest BCUT2D eigenvalue weighted by molar-refractivity contribution is 1.13. The van der Waals surface area contributed by atoms with Crippen molar-refractivity contribution in [3.8, 4) is 0 Å². The van der Waals surface area contributed by atoms with E-state index in [4.69, 9.17) is 0 Å². The molecule has 0 fully saturated rings. The zero-order valence-corrected chi connectivity index (χ0v) is 5.20. The van der Waals surface area contributed by atoms with E-state index in [2.05, 4.69) is 16.0 Å². The van der Waals surface area contributed by atoms with Gasteiger partial charge >= 0.3 is 0 Å². The summed E-state index contributed by atoms with van der Waals surface area (Å²) in [6.07, 6.45) is 7.95. The van der Waals surface area contributed by atoms with E-state index in [1.807, 2.05) is 13.0 Å². The van der Waals surface area contributed by atoms with Crippen LogP contribution in [0, 0.1) is 6.08 Å². The van der Waals surface area contributed by atoms with Gasteiger partial charge in [-0.2, -0.15) is 0 Å². The fraction of sp³-hybridized carbons (Fsp3) is 0.143. The van der Waals surface area contributed by atoms with E-state index in [9.17, 15) is 0 Å². The third-order valence-corrected chi connectivity index (χ3v) is 0.874. The van der Waals surface area contributed by atoms with Crippen LogP contribution in [0.15, 0.2) is 24.7 Å². The Bertz CT molecular complexity index is 191. The SMILES string of the molecule is C/C=[C]/c1ccncn1. The molecule has 0 aliphatic rings. The first-order valence-corrected chi connectivity index (χ1v) is 2.74. The summed E-state index contributed by atoms with van der Waals surface area (Å²) in [5.74, 6) is 0. The molecular formula is C7H7N2. The zero-order chi connectivity index (χ0) is 6.53. The molecule has 0 aromatic carbocycles. The molecule has 0 amide bonds. The average molecular weight is 119 g/mol. The maximum absolute atomic E-state index is 3.92. The number of hydrogen-bond acceptors (Lipinski definition) is 2. The Balaban J connectivity index is 2.85. The lowest BCUT2D eigenvalue weighted by Crippen LogP contribution is -1.80. The second-order valence-corrected chi connectivity index (χ2v) is 1.53. The third-order valence-electron chi connectivity index (χ3n) is 0.874. The van der Waals surface area contributed by atoms with E-state index in [0.717, 1.165) is 5.69 Å². The van der Waals surface area contributed by atoms with Crippen LogP contribution in [-0.2, 0) is 0 Å². The van der Waals surface area contributed by atoms with Crippen molar-refractivity contribution in [2.24, 2.45) is 0 Å². The third kappa shape index (κ3) is 1.64. The number of aromatic nitrogens is 2. The van der Waals surface area contributed by atoms with E-state index < -0.39 is 0 Å². The summed E-state index contributed by atoms with van der Waals surface area (Å²) in [6.45, 7) is 1.90. The minimum absolute atomic E-state index is 0.826. The molecule has 1 heterocycles. The summed E-state index contributed by atoms with van der Waals surface area (Å²) in [5, 5.41) is 0. The molecule has 0 atom stereocenters. The Morgan fingerprint density at radius 2 is 2.56 bits per heavy atom. The molecule has 0 saturated heterocycles. The smallest absolute Gasteiger partial charge is 0.116 e. The summed E-state index contributed by atoms with van der Waals surface area (Å²) in [4.78, 5) is 7.68. The maximum Gasteiger partial charge on any atom is 0.116 e. The second-order valence-electron chi connectivity index (χ2n) is 1.53. The Hall–Kier alpha value is -1.18. The molecule has 0 aliphatic carbocycles. The summed E-state index contributed by atoms with van der Waals surface area (Å²) in [6, 6.07) is 1.81. The van der Waals surface area contributed by atoms with Gasteiger partial charge in [0.1, 0.15) is 6.33 Å². The first-order valence-electron chi connectivity index (χ1n) is 2.74. The fourth-order valence-corrected chi connectivity index (χ4v) is 0.524. The van der Waals surface area contributed by atoms with Gasteiger partial charge in [-0.3, -0.25) is 0 Å². The van der Waals surface area contributed by atoms with E-state index in [1.54, 1.807) is 12.3 Å². The topological polar surface area (TPSA) is 25.8 Å². The average Bonchev–Trinajstić information content (AvgIpc) is 1.91. The van der Waals surface area contributed by atoms with Crippen LogP contribution in [0.5, 0.6) is 0 Å². The predicted molar refractivity (Wildman–Crippen MR) is 34.6 cm³/mol. The normalized spacial score (nSPS) is 10.3. The molecule has 1 aromatic heterocycles. The van der Waals surface area contributed by atoms with E-state index in [-0.39, 0.29) is 0 Å². The number of rotatable bonds is 1. The zero-order valence-electron chi connectivity index (χ0n) is 5.20. The number of nitrogens with zero attached hydrogens (tertiary/aromatic N) is 2. The van der Waals surface area contributed by atoms with E-state index in [0.29, 0.717) is 0 Å². The minimum atomic E-state index is 0.826. The summed E-state index contributed by atoms with van der Waals surface area (Å²) in [5.41, 5.74) is 0.826. The van der Waals surface area contributed by atoms with Gasteiger partial charge in [0, 0.05) is 12.3 Å². The highest BCUT2D eigenvalue weighted by atomic mass is 14.8. The molecule has 0 N–H and O–H groups in total. The lowest BCUT2D eigenvalue weighted by atomic mass is 10.4. The largest absolute Gasteiger partial charge is 0.245 e. The molecule has 0 unspecified atom stereocenters.